The topological polar surface area (TPSA) is 63.8 Å². The Kier molecular flexibility index (Phi) is 3.61. The van der Waals surface area contributed by atoms with Crippen LogP contribution < -0.4 is 11.1 Å². The van der Waals surface area contributed by atoms with Crippen LogP contribution in [0.2, 0.25) is 0 Å². The van der Waals surface area contributed by atoms with Crippen molar-refractivity contribution in [1.82, 2.24) is 10.2 Å². The lowest BCUT2D eigenvalue weighted by atomic mass is 10.2. The van der Waals surface area contributed by atoms with Crippen LogP contribution in [0.5, 0.6) is 0 Å². The van der Waals surface area contributed by atoms with Gasteiger partial charge in [0.25, 0.3) is 0 Å². The second-order valence-electron chi connectivity index (χ2n) is 3.66. The van der Waals surface area contributed by atoms with Crippen molar-refractivity contribution in [1.29, 1.82) is 0 Å². The van der Waals surface area contributed by atoms with Crippen molar-refractivity contribution >= 4 is 33.3 Å². The molecule has 0 saturated carbocycles. The van der Waals surface area contributed by atoms with Crippen LogP contribution in [0.25, 0.3) is 0 Å². The largest absolute Gasteiger partial charge is 0.416 e. The molecule has 100 valence electrons. The number of nitrogens with two attached hydrogens (primary N) is 1. The van der Waals surface area contributed by atoms with Gasteiger partial charge in [-0.1, -0.05) is 0 Å². The van der Waals surface area contributed by atoms with E-state index in [1.807, 2.05) is 0 Å². The van der Waals surface area contributed by atoms with Crippen LogP contribution in [0.3, 0.4) is 0 Å². The lowest BCUT2D eigenvalue weighted by molar-refractivity contribution is -0.137. The maximum atomic E-state index is 12.6. The molecular weight excluding hydrogens is 325 g/mol. The average molecular weight is 333 g/mol. The number of anilines is 3. The molecule has 19 heavy (non-hydrogen) atoms. The molecule has 3 N–H and O–H groups in total. The zero-order chi connectivity index (χ0) is 14.0. The first-order valence-electron chi connectivity index (χ1n) is 5.09. The molecule has 0 aliphatic rings. The molecule has 0 atom stereocenters. The zero-order valence-corrected chi connectivity index (χ0v) is 11.0. The van der Waals surface area contributed by atoms with Gasteiger partial charge < -0.3 is 11.1 Å². The maximum Gasteiger partial charge on any atom is 0.416 e. The minimum Gasteiger partial charge on any atom is -0.382 e. The van der Waals surface area contributed by atoms with Gasteiger partial charge in [-0.2, -0.15) is 13.2 Å². The molecule has 0 amide bonds. The Bertz CT molecular complexity index is 583. The highest BCUT2D eigenvalue weighted by molar-refractivity contribution is 9.10. The summed E-state index contributed by atoms with van der Waals surface area (Å²) >= 11 is 3.17. The summed E-state index contributed by atoms with van der Waals surface area (Å²) < 4.78 is 38.3. The first kappa shape index (κ1) is 13.6. The van der Waals surface area contributed by atoms with Gasteiger partial charge >= 0.3 is 6.18 Å². The van der Waals surface area contributed by atoms with Crippen LogP contribution in [-0.2, 0) is 6.18 Å². The molecule has 2 rings (SSSR count). The predicted octanol–water partition coefficient (Wildman–Crippen LogP) is 3.58. The van der Waals surface area contributed by atoms with Crippen molar-refractivity contribution in [2.45, 2.75) is 6.18 Å². The van der Waals surface area contributed by atoms with E-state index in [-0.39, 0.29) is 11.5 Å². The highest BCUT2D eigenvalue weighted by Crippen LogP contribution is 2.34. The second-order valence-corrected chi connectivity index (χ2v) is 4.52. The number of nitrogens with zero attached hydrogens (tertiary/aromatic N) is 2. The Labute approximate surface area is 115 Å². The molecule has 0 spiro atoms. The fraction of sp³-hybridized carbons (Fsp3) is 0.0909. The number of nitrogen functional groups attached to an aromatic ring is 1. The molecule has 1 heterocycles. The fourth-order valence-corrected chi connectivity index (χ4v) is 1.69. The summed E-state index contributed by atoms with van der Waals surface area (Å²) in [5, 5.41) is 10.1. The highest BCUT2D eigenvalue weighted by atomic mass is 79.9. The van der Waals surface area contributed by atoms with Gasteiger partial charge in [0.2, 0.25) is 0 Å². The summed E-state index contributed by atoms with van der Waals surface area (Å²) in [5.74, 6) is 0.530. The summed E-state index contributed by atoms with van der Waals surface area (Å²) in [4.78, 5) is 0. The smallest absolute Gasteiger partial charge is 0.382 e. The van der Waals surface area contributed by atoms with Gasteiger partial charge in [0.15, 0.2) is 5.82 Å². The summed E-state index contributed by atoms with van der Waals surface area (Å²) in [6, 6.07) is 6.31. The van der Waals surface area contributed by atoms with E-state index in [0.29, 0.717) is 10.3 Å². The van der Waals surface area contributed by atoms with Crippen molar-refractivity contribution < 1.29 is 13.2 Å². The Balaban J connectivity index is 2.31. The first-order chi connectivity index (χ1) is 8.86. The van der Waals surface area contributed by atoms with Crippen LogP contribution in [-0.4, -0.2) is 10.2 Å². The monoisotopic (exact) mass is 332 g/mol. The normalized spacial score (nSPS) is 11.4. The van der Waals surface area contributed by atoms with Gasteiger partial charge in [-0.3, -0.25) is 0 Å². The molecule has 8 heteroatoms. The third-order valence-electron chi connectivity index (χ3n) is 2.24. The predicted molar refractivity (Wildman–Crippen MR) is 68.9 cm³/mol. The van der Waals surface area contributed by atoms with Crippen molar-refractivity contribution in [2.24, 2.45) is 0 Å². The number of benzene rings is 1. The van der Waals surface area contributed by atoms with Gasteiger partial charge in [0.1, 0.15) is 5.82 Å². The Morgan fingerprint density at radius 2 is 1.84 bits per heavy atom. The van der Waals surface area contributed by atoms with Gasteiger partial charge in [-0.05, 0) is 46.3 Å². The molecule has 1 aromatic carbocycles. The first-order valence-corrected chi connectivity index (χ1v) is 5.88. The molecule has 0 unspecified atom stereocenters. The van der Waals surface area contributed by atoms with Crippen LogP contribution >= 0.6 is 15.9 Å². The Hall–Kier alpha value is -1.83. The SMILES string of the molecule is Nc1ccc(Nc2cc(C(F)(F)F)ccc2Br)nn1. The molecule has 0 radical (unpaired) electrons. The Morgan fingerprint density at radius 3 is 2.42 bits per heavy atom. The van der Waals surface area contributed by atoms with E-state index in [4.69, 9.17) is 5.73 Å². The number of aromatic nitrogens is 2. The van der Waals surface area contributed by atoms with Crippen LogP contribution in [0.15, 0.2) is 34.8 Å². The van der Waals surface area contributed by atoms with Crippen molar-refractivity contribution in [3.05, 3.63) is 40.4 Å². The highest BCUT2D eigenvalue weighted by Gasteiger charge is 2.30. The molecule has 0 aliphatic heterocycles. The van der Waals surface area contributed by atoms with E-state index in [0.717, 1.165) is 12.1 Å². The Morgan fingerprint density at radius 1 is 1.11 bits per heavy atom. The summed E-state index contributed by atoms with van der Waals surface area (Å²) in [7, 11) is 0. The molecule has 1 aromatic heterocycles. The number of halogens is 4. The fourth-order valence-electron chi connectivity index (χ4n) is 1.34. The van der Waals surface area contributed by atoms with Crippen molar-refractivity contribution in [3.63, 3.8) is 0 Å². The van der Waals surface area contributed by atoms with Crippen LogP contribution in [0.1, 0.15) is 5.56 Å². The van der Waals surface area contributed by atoms with E-state index in [2.05, 4.69) is 31.4 Å². The molecule has 0 saturated heterocycles. The third-order valence-corrected chi connectivity index (χ3v) is 2.93. The van der Waals surface area contributed by atoms with Gasteiger partial charge in [-0.25, -0.2) is 0 Å². The van der Waals surface area contributed by atoms with E-state index >= 15 is 0 Å². The van der Waals surface area contributed by atoms with Gasteiger partial charge in [0, 0.05) is 4.47 Å². The van der Waals surface area contributed by atoms with Gasteiger partial charge in [0.05, 0.1) is 11.3 Å². The van der Waals surface area contributed by atoms with E-state index in [1.165, 1.54) is 18.2 Å². The molecular formula is C11H8BrF3N4. The summed E-state index contributed by atoms with van der Waals surface area (Å²) in [6.45, 7) is 0. The maximum absolute atomic E-state index is 12.6. The van der Waals surface area contributed by atoms with Crippen molar-refractivity contribution in [2.75, 3.05) is 11.1 Å². The molecule has 4 nitrogen and oxygen atoms in total. The number of rotatable bonds is 2. The second kappa shape index (κ2) is 5.04. The minimum absolute atomic E-state index is 0.230. The van der Waals surface area contributed by atoms with E-state index in [1.54, 1.807) is 0 Å². The van der Waals surface area contributed by atoms with Crippen molar-refractivity contribution in [3.8, 4) is 0 Å². The van der Waals surface area contributed by atoms with Crippen LogP contribution in [0, 0.1) is 0 Å². The number of hydrogen-bond donors (Lipinski definition) is 2. The lowest BCUT2D eigenvalue weighted by Gasteiger charge is -2.11. The average Bonchev–Trinajstić information content (AvgIpc) is 2.33. The minimum atomic E-state index is -4.40. The zero-order valence-electron chi connectivity index (χ0n) is 9.37. The molecule has 0 aliphatic carbocycles. The standard InChI is InChI=1S/C11H8BrF3N4/c12-7-2-1-6(11(13,14)15)5-8(7)17-10-4-3-9(16)18-19-10/h1-5H,(H2,16,18)(H,17,19). The molecule has 0 bridgehead atoms. The third kappa shape index (κ3) is 3.34. The number of nitrogens with one attached hydrogen (secondary N) is 1. The van der Waals surface area contributed by atoms with Gasteiger partial charge in [-0.15, -0.1) is 10.2 Å². The molecule has 0 fully saturated rings. The summed E-state index contributed by atoms with van der Waals surface area (Å²) in [6.07, 6.45) is -4.40. The summed E-state index contributed by atoms with van der Waals surface area (Å²) in [5.41, 5.74) is 4.87. The molecule has 2 aromatic rings. The number of hydrogen-bond acceptors (Lipinski definition) is 4. The lowest BCUT2D eigenvalue weighted by Crippen LogP contribution is -2.06. The van der Waals surface area contributed by atoms with Crippen LogP contribution in [0.4, 0.5) is 30.5 Å². The quantitative estimate of drug-likeness (QED) is 0.882. The number of alkyl halides is 3. The van der Waals surface area contributed by atoms with E-state index in [9.17, 15) is 13.2 Å². The van der Waals surface area contributed by atoms with E-state index < -0.39 is 11.7 Å².